The molecule has 1 aromatic heterocycles. The molecule has 1 heterocycles. The van der Waals surface area contributed by atoms with Crippen LogP contribution in [0, 0.1) is 6.92 Å². The van der Waals surface area contributed by atoms with Crippen LogP contribution in [0.4, 0.5) is 0 Å². The summed E-state index contributed by atoms with van der Waals surface area (Å²) in [6.45, 7) is 2.36. The molecule has 1 N–H and O–H groups in total. The highest BCUT2D eigenvalue weighted by atomic mass is 35.5. The van der Waals surface area contributed by atoms with Gasteiger partial charge < -0.3 is 9.84 Å². The number of benzene rings is 2. The zero-order valence-electron chi connectivity index (χ0n) is 13.9. The molecule has 0 amide bonds. The molecule has 0 atom stereocenters. The second kappa shape index (κ2) is 6.99. The standard InChI is InChI=1S/C19H17ClN2O3/c1-12-3-4-13(9-16(12)20)11-22-18(10-17(21-22)19(23)24)14-5-7-15(25-2)8-6-14/h3-10H,11H2,1-2H3,(H,23,24). The largest absolute Gasteiger partial charge is 0.497 e. The molecule has 5 nitrogen and oxygen atoms in total. The van der Waals surface area contributed by atoms with Gasteiger partial charge in [-0.05, 0) is 54.4 Å². The minimum absolute atomic E-state index is 0.00373. The number of hydrogen-bond acceptors (Lipinski definition) is 3. The van der Waals surface area contributed by atoms with Gasteiger partial charge in [0.25, 0.3) is 0 Å². The smallest absolute Gasteiger partial charge is 0.356 e. The summed E-state index contributed by atoms with van der Waals surface area (Å²) in [7, 11) is 1.60. The lowest BCUT2D eigenvalue weighted by molar-refractivity contribution is 0.0689. The van der Waals surface area contributed by atoms with Gasteiger partial charge in [-0.1, -0.05) is 23.7 Å². The second-order valence-corrected chi connectivity index (χ2v) is 6.10. The van der Waals surface area contributed by atoms with Crippen molar-refractivity contribution in [2.75, 3.05) is 7.11 Å². The Balaban J connectivity index is 2.01. The number of aromatic carboxylic acids is 1. The van der Waals surface area contributed by atoms with Gasteiger partial charge in [-0.15, -0.1) is 0 Å². The molecule has 0 radical (unpaired) electrons. The van der Waals surface area contributed by atoms with Gasteiger partial charge in [0.15, 0.2) is 5.69 Å². The van der Waals surface area contributed by atoms with Crippen molar-refractivity contribution in [1.29, 1.82) is 0 Å². The van der Waals surface area contributed by atoms with Crippen LogP contribution in [0.15, 0.2) is 48.5 Å². The van der Waals surface area contributed by atoms with E-state index in [2.05, 4.69) is 5.10 Å². The number of aryl methyl sites for hydroxylation is 1. The minimum atomic E-state index is -1.06. The maximum atomic E-state index is 11.3. The van der Waals surface area contributed by atoms with Crippen molar-refractivity contribution in [3.8, 4) is 17.0 Å². The first kappa shape index (κ1) is 17.0. The lowest BCUT2D eigenvalue weighted by Crippen LogP contribution is -2.06. The number of rotatable bonds is 5. The number of carboxylic acid groups (broad SMARTS) is 1. The quantitative estimate of drug-likeness (QED) is 0.741. The molecule has 128 valence electrons. The van der Waals surface area contributed by atoms with Crippen LogP contribution in [0.3, 0.4) is 0 Å². The first-order valence-electron chi connectivity index (χ1n) is 7.68. The van der Waals surface area contributed by atoms with E-state index in [4.69, 9.17) is 16.3 Å². The number of ether oxygens (including phenoxy) is 1. The van der Waals surface area contributed by atoms with Crippen molar-refractivity contribution in [2.45, 2.75) is 13.5 Å². The normalized spacial score (nSPS) is 10.7. The molecule has 25 heavy (non-hydrogen) atoms. The molecule has 2 aromatic carbocycles. The minimum Gasteiger partial charge on any atom is -0.497 e. The number of hydrogen-bond donors (Lipinski definition) is 1. The Morgan fingerprint density at radius 3 is 2.52 bits per heavy atom. The molecule has 0 aliphatic heterocycles. The summed E-state index contributed by atoms with van der Waals surface area (Å²) >= 11 is 6.19. The molecule has 0 saturated carbocycles. The van der Waals surface area contributed by atoms with Crippen LogP contribution in [0.5, 0.6) is 5.75 Å². The lowest BCUT2D eigenvalue weighted by atomic mass is 10.1. The molecule has 0 saturated heterocycles. The van der Waals surface area contributed by atoms with Gasteiger partial charge in [0.05, 0.1) is 19.3 Å². The van der Waals surface area contributed by atoms with Crippen LogP contribution >= 0.6 is 11.6 Å². The summed E-state index contributed by atoms with van der Waals surface area (Å²) in [5.41, 5.74) is 3.53. The molecule has 0 spiro atoms. The van der Waals surface area contributed by atoms with Gasteiger partial charge in [-0.3, -0.25) is 4.68 Å². The van der Waals surface area contributed by atoms with E-state index in [9.17, 15) is 9.90 Å². The van der Waals surface area contributed by atoms with Crippen molar-refractivity contribution in [3.05, 3.63) is 70.4 Å². The van der Waals surface area contributed by atoms with Crippen molar-refractivity contribution >= 4 is 17.6 Å². The van der Waals surface area contributed by atoms with E-state index < -0.39 is 5.97 Å². The van der Waals surface area contributed by atoms with Gasteiger partial charge in [0, 0.05) is 10.6 Å². The van der Waals surface area contributed by atoms with Crippen LogP contribution in [0.1, 0.15) is 21.6 Å². The van der Waals surface area contributed by atoms with E-state index in [1.54, 1.807) is 17.9 Å². The van der Waals surface area contributed by atoms with E-state index in [0.29, 0.717) is 11.6 Å². The van der Waals surface area contributed by atoms with Crippen LogP contribution in [0.2, 0.25) is 5.02 Å². The maximum absolute atomic E-state index is 11.3. The second-order valence-electron chi connectivity index (χ2n) is 5.69. The maximum Gasteiger partial charge on any atom is 0.356 e. The van der Waals surface area contributed by atoms with Crippen molar-refractivity contribution < 1.29 is 14.6 Å². The Hall–Kier alpha value is -2.79. The molecule has 3 aromatic rings. The lowest BCUT2D eigenvalue weighted by Gasteiger charge is -2.09. The number of aromatic nitrogens is 2. The number of nitrogens with zero attached hydrogens (tertiary/aromatic N) is 2. The number of halogens is 1. The van der Waals surface area contributed by atoms with Crippen LogP contribution in [-0.2, 0) is 6.54 Å². The van der Waals surface area contributed by atoms with Crippen molar-refractivity contribution in [3.63, 3.8) is 0 Å². The molecule has 0 bridgehead atoms. The first-order valence-corrected chi connectivity index (χ1v) is 8.06. The monoisotopic (exact) mass is 356 g/mol. The first-order chi connectivity index (χ1) is 12.0. The summed E-state index contributed by atoms with van der Waals surface area (Å²) in [4.78, 5) is 11.3. The third-order valence-electron chi connectivity index (χ3n) is 3.95. The zero-order chi connectivity index (χ0) is 18.0. The molecule has 3 rings (SSSR count). The molecular formula is C19H17ClN2O3. The number of carbonyl (C=O) groups is 1. The van der Waals surface area contributed by atoms with E-state index in [1.165, 1.54) is 0 Å². The molecule has 0 fully saturated rings. The summed E-state index contributed by atoms with van der Waals surface area (Å²) in [5.74, 6) is -0.325. The molecular weight excluding hydrogens is 340 g/mol. The molecule has 6 heteroatoms. The van der Waals surface area contributed by atoms with E-state index in [1.807, 2.05) is 49.4 Å². The Kier molecular flexibility index (Phi) is 4.76. The molecule has 0 aliphatic carbocycles. The van der Waals surface area contributed by atoms with E-state index in [0.717, 1.165) is 28.1 Å². The summed E-state index contributed by atoms with van der Waals surface area (Å²) in [6.07, 6.45) is 0. The van der Waals surface area contributed by atoms with Crippen LogP contribution < -0.4 is 4.74 Å². The Labute approximate surface area is 150 Å². The highest BCUT2D eigenvalue weighted by Gasteiger charge is 2.15. The van der Waals surface area contributed by atoms with Crippen LogP contribution in [0.25, 0.3) is 11.3 Å². The van der Waals surface area contributed by atoms with Crippen molar-refractivity contribution in [1.82, 2.24) is 9.78 Å². The van der Waals surface area contributed by atoms with E-state index in [-0.39, 0.29) is 5.69 Å². The highest BCUT2D eigenvalue weighted by molar-refractivity contribution is 6.31. The fraction of sp³-hybridized carbons (Fsp3) is 0.158. The SMILES string of the molecule is COc1ccc(-c2cc(C(=O)O)nn2Cc2ccc(C)c(Cl)c2)cc1. The number of carboxylic acids is 1. The predicted molar refractivity (Wildman–Crippen MR) is 96.5 cm³/mol. The van der Waals surface area contributed by atoms with Gasteiger partial charge in [0.2, 0.25) is 0 Å². The van der Waals surface area contributed by atoms with E-state index >= 15 is 0 Å². The fourth-order valence-corrected chi connectivity index (χ4v) is 2.75. The summed E-state index contributed by atoms with van der Waals surface area (Å²) in [5, 5.41) is 14.2. The number of methoxy groups -OCH3 is 1. The third kappa shape index (κ3) is 3.67. The fourth-order valence-electron chi connectivity index (χ4n) is 2.54. The zero-order valence-corrected chi connectivity index (χ0v) is 14.6. The molecule has 0 unspecified atom stereocenters. The Morgan fingerprint density at radius 1 is 1.20 bits per heavy atom. The van der Waals surface area contributed by atoms with Crippen LogP contribution in [-0.4, -0.2) is 28.0 Å². The highest BCUT2D eigenvalue weighted by Crippen LogP contribution is 2.25. The average molecular weight is 357 g/mol. The average Bonchev–Trinajstić information content (AvgIpc) is 3.02. The topological polar surface area (TPSA) is 64.3 Å². The van der Waals surface area contributed by atoms with Gasteiger partial charge in [-0.25, -0.2) is 4.79 Å². The van der Waals surface area contributed by atoms with Gasteiger partial charge in [-0.2, -0.15) is 5.10 Å². The Bertz CT molecular complexity index is 917. The molecule has 0 aliphatic rings. The third-order valence-corrected chi connectivity index (χ3v) is 4.36. The predicted octanol–water partition coefficient (Wildman–Crippen LogP) is 4.27. The summed E-state index contributed by atoms with van der Waals surface area (Å²) < 4.78 is 6.84. The van der Waals surface area contributed by atoms with Gasteiger partial charge >= 0.3 is 5.97 Å². The van der Waals surface area contributed by atoms with Gasteiger partial charge in [0.1, 0.15) is 5.75 Å². The Morgan fingerprint density at radius 2 is 1.92 bits per heavy atom. The van der Waals surface area contributed by atoms with Crippen molar-refractivity contribution in [2.24, 2.45) is 0 Å². The summed E-state index contributed by atoms with van der Waals surface area (Å²) in [6, 6.07) is 14.7.